The summed E-state index contributed by atoms with van der Waals surface area (Å²) in [5.41, 5.74) is -0.730. The Morgan fingerprint density at radius 3 is 2.38 bits per heavy atom. The van der Waals surface area contributed by atoms with Crippen molar-refractivity contribution in [3.63, 3.8) is 0 Å². The number of rotatable bonds is 3. The fourth-order valence-corrected chi connectivity index (χ4v) is 1.93. The summed E-state index contributed by atoms with van der Waals surface area (Å²) < 4.78 is 0. The van der Waals surface area contributed by atoms with Gasteiger partial charge < -0.3 is 5.11 Å². The molecule has 0 aromatic heterocycles. The lowest BCUT2D eigenvalue weighted by molar-refractivity contribution is 0.160. The molecule has 0 bridgehead atoms. The van der Waals surface area contributed by atoms with Gasteiger partial charge in [0.15, 0.2) is 0 Å². The lowest BCUT2D eigenvalue weighted by Gasteiger charge is -2.33. The number of nitrogens with zero attached hydrogens (tertiary/aromatic N) is 1. The molecule has 2 N–H and O–H groups in total. The van der Waals surface area contributed by atoms with Crippen LogP contribution in [0, 0.1) is 11.3 Å². The zero-order valence-electron chi connectivity index (χ0n) is 8.43. The highest BCUT2D eigenvalue weighted by Gasteiger charge is 2.37. The molecular weight excluding hydrogens is 164 g/mol. The van der Waals surface area contributed by atoms with Crippen molar-refractivity contribution in [2.24, 2.45) is 0 Å². The summed E-state index contributed by atoms with van der Waals surface area (Å²) in [6.07, 6.45) is 4.05. The first-order valence-corrected chi connectivity index (χ1v) is 4.85. The van der Waals surface area contributed by atoms with E-state index in [2.05, 4.69) is 11.4 Å². The minimum absolute atomic E-state index is 0.0659. The summed E-state index contributed by atoms with van der Waals surface area (Å²) in [7, 11) is 0. The Hall–Kier alpha value is -0.590. The topological polar surface area (TPSA) is 56.0 Å². The monoisotopic (exact) mass is 182 g/mol. The van der Waals surface area contributed by atoms with Crippen LogP contribution in [-0.2, 0) is 0 Å². The van der Waals surface area contributed by atoms with Crippen LogP contribution in [-0.4, -0.2) is 22.8 Å². The fourth-order valence-electron chi connectivity index (χ4n) is 1.93. The molecule has 0 aliphatic heterocycles. The zero-order valence-corrected chi connectivity index (χ0v) is 8.43. The molecule has 0 aromatic rings. The van der Waals surface area contributed by atoms with E-state index in [1.807, 2.05) is 13.8 Å². The van der Waals surface area contributed by atoms with Crippen molar-refractivity contribution in [1.29, 1.82) is 5.26 Å². The first-order valence-electron chi connectivity index (χ1n) is 4.85. The van der Waals surface area contributed by atoms with Crippen molar-refractivity contribution in [3.8, 4) is 6.07 Å². The number of nitrogens with one attached hydrogen (secondary N) is 1. The van der Waals surface area contributed by atoms with Crippen LogP contribution < -0.4 is 5.32 Å². The van der Waals surface area contributed by atoms with Gasteiger partial charge in [-0.15, -0.1) is 0 Å². The second-order valence-electron chi connectivity index (χ2n) is 4.57. The average Bonchev–Trinajstić information content (AvgIpc) is 2.53. The Morgan fingerprint density at radius 2 is 2.00 bits per heavy atom. The second-order valence-corrected chi connectivity index (χ2v) is 4.57. The molecule has 0 aromatic carbocycles. The standard InChI is InChI=1S/C10H18N2O/c1-9(2,8-13)12-10(7-11)5-3-4-6-10/h12-13H,3-6,8H2,1-2H3. The molecule has 0 spiro atoms. The molecule has 74 valence electrons. The van der Waals surface area contributed by atoms with Gasteiger partial charge in [0.2, 0.25) is 0 Å². The molecule has 0 heterocycles. The molecule has 1 aliphatic carbocycles. The highest BCUT2D eigenvalue weighted by Crippen LogP contribution is 2.30. The third-order valence-corrected chi connectivity index (χ3v) is 2.64. The largest absolute Gasteiger partial charge is 0.394 e. The molecule has 1 fully saturated rings. The van der Waals surface area contributed by atoms with Gasteiger partial charge in [-0.1, -0.05) is 12.8 Å². The van der Waals surface area contributed by atoms with E-state index in [0.29, 0.717) is 0 Å². The van der Waals surface area contributed by atoms with Crippen molar-refractivity contribution >= 4 is 0 Å². The molecule has 0 saturated heterocycles. The molecule has 0 radical (unpaired) electrons. The highest BCUT2D eigenvalue weighted by atomic mass is 16.3. The molecule has 3 heteroatoms. The van der Waals surface area contributed by atoms with Crippen LogP contribution in [0.4, 0.5) is 0 Å². The van der Waals surface area contributed by atoms with Crippen LogP contribution in [0.1, 0.15) is 39.5 Å². The van der Waals surface area contributed by atoms with Crippen molar-refractivity contribution in [1.82, 2.24) is 5.32 Å². The summed E-state index contributed by atoms with van der Waals surface area (Å²) in [6.45, 7) is 3.91. The predicted octanol–water partition coefficient (Wildman–Crippen LogP) is 1.18. The van der Waals surface area contributed by atoms with Gasteiger partial charge in [0.05, 0.1) is 12.7 Å². The van der Waals surface area contributed by atoms with E-state index in [-0.39, 0.29) is 17.7 Å². The summed E-state index contributed by atoms with van der Waals surface area (Å²) >= 11 is 0. The maximum absolute atomic E-state index is 9.09. The molecular formula is C10H18N2O. The van der Waals surface area contributed by atoms with Crippen LogP contribution in [0.2, 0.25) is 0 Å². The minimum atomic E-state index is -0.383. The van der Waals surface area contributed by atoms with Crippen molar-refractivity contribution in [2.75, 3.05) is 6.61 Å². The van der Waals surface area contributed by atoms with Crippen molar-refractivity contribution in [2.45, 2.75) is 50.6 Å². The molecule has 13 heavy (non-hydrogen) atoms. The van der Waals surface area contributed by atoms with Crippen LogP contribution in [0.3, 0.4) is 0 Å². The second kappa shape index (κ2) is 3.65. The van der Waals surface area contributed by atoms with Gasteiger partial charge in [-0.2, -0.15) is 5.26 Å². The number of hydrogen-bond acceptors (Lipinski definition) is 3. The Morgan fingerprint density at radius 1 is 1.46 bits per heavy atom. The number of nitriles is 1. The van der Waals surface area contributed by atoms with Crippen LogP contribution in [0.5, 0.6) is 0 Å². The van der Waals surface area contributed by atoms with E-state index in [0.717, 1.165) is 25.7 Å². The number of aliphatic hydroxyl groups is 1. The maximum atomic E-state index is 9.09. The third kappa shape index (κ3) is 2.43. The van der Waals surface area contributed by atoms with E-state index in [9.17, 15) is 0 Å². The van der Waals surface area contributed by atoms with E-state index in [4.69, 9.17) is 10.4 Å². The van der Waals surface area contributed by atoms with E-state index in [1.54, 1.807) is 0 Å². The van der Waals surface area contributed by atoms with E-state index in [1.165, 1.54) is 0 Å². The molecule has 3 nitrogen and oxygen atoms in total. The van der Waals surface area contributed by atoms with Crippen molar-refractivity contribution in [3.05, 3.63) is 0 Å². The lowest BCUT2D eigenvalue weighted by atomic mass is 9.94. The smallest absolute Gasteiger partial charge is 0.107 e. The van der Waals surface area contributed by atoms with Gasteiger partial charge in [-0.3, -0.25) is 5.32 Å². The van der Waals surface area contributed by atoms with Gasteiger partial charge in [-0.25, -0.2) is 0 Å². The van der Waals surface area contributed by atoms with Crippen LogP contribution >= 0.6 is 0 Å². The molecule has 1 rings (SSSR count). The molecule has 1 aliphatic rings. The summed E-state index contributed by atoms with van der Waals surface area (Å²) in [5, 5.41) is 21.4. The molecule has 0 amide bonds. The normalized spacial score (nSPS) is 21.4. The Balaban J connectivity index is 2.64. The highest BCUT2D eigenvalue weighted by molar-refractivity contribution is 5.12. The zero-order chi connectivity index (χ0) is 9.95. The minimum Gasteiger partial charge on any atom is -0.394 e. The summed E-state index contributed by atoms with van der Waals surface area (Å²) in [6, 6.07) is 2.35. The van der Waals surface area contributed by atoms with Gasteiger partial charge in [0.25, 0.3) is 0 Å². The quantitative estimate of drug-likeness (QED) is 0.689. The lowest BCUT2D eigenvalue weighted by Crippen LogP contribution is -2.55. The molecule has 0 atom stereocenters. The molecule has 1 saturated carbocycles. The molecule has 0 unspecified atom stereocenters. The van der Waals surface area contributed by atoms with Gasteiger partial charge in [0, 0.05) is 5.54 Å². The van der Waals surface area contributed by atoms with Crippen LogP contribution in [0.15, 0.2) is 0 Å². The number of aliphatic hydroxyl groups excluding tert-OH is 1. The maximum Gasteiger partial charge on any atom is 0.107 e. The van der Waals surface area contributed by atoms with E-state index < -0.39 is 0 Å². The van der Waals surface area contributed by atoms with Crippen molar-refractivity contribution < 1.29 is 5.11 Å². The van der Waals surface area contributed by atoms with Gasteiger partial charge >= 0.3 is 0 Å². The number of hydrogen-bond donors (Lipinski definition) is 2. The van der Waals surface area contributed by atoms with Gasteiger partial charge in [-0.05, 0) is 26.7 Å². The SMILES string of the molecule is CC(C)(CO)NC1(C#N)CCCC1. The summed E-state index contributed by atoms with van der Waals surface area (Å²) in [4.78, 5) is 0. The summed E-state index contributed by atoms with van der Waals surface area (Å²) in [5.74, 6) is 0. The first-order chi connectivity index (χ1) is 6.04. The van der Waals surface area contributed by atoms with Crippen LogP contribution in [0.25, 0.3) is 0 Å². The Labute approximate surface area is 79.8 Å². The average molecular weight is 182 g/mol. The third-order valence-electron chi connectivity index (χ3n) is 2.64. The predicted molar refractivity (Wildman–Crippen MR) is 51.1 cm³/mol. The van der Waals surface area contributed by atoms with E-state index >= 15 is 0 Å². The Kier molecular flexibility index (Phi) is 2.94. The first kappa shape index (κ1) is 10.5. The fraction of sp³-hybridized carbons (Fsp3) is 0.900. The Bertz CT molecular complexity index is 211. The van der Waals surface area contributed by atoms with Gasteiger partial charge in [0.1, 0.15) is 5.54 Å².